The summed E-state index contributed by atoms with van der Waals surface area (Å²) >= 11 is 0. The first-order valence-corrected chi connectivity index (χ1v) is 8.66. The van der Waals surface area contributed by atoms with Crippen molar-refractivity contribution in [2.45, 2.75) is 52.4 Å². The van der Waals surface area contributed by atoms with E-state index in [0.717, 1.165) is 25.2 Å². The molecule has 0 atom stereocenters. The van der Waals surface area contributed by atoms with Crippen molar-refractivity contribution < 1.29 is 24.5 Å². The highest BCUT2D eigenvalue weighted by molar-refractivity contribution is 5.91. The standard InChI is InChI=1S/C19H30O5/c1-14(2)8-6-4-5-7-9-15-12-16(24-11-10-23-3)13-17(18(15)20)19(21)22/h12-14,20H,4-11H2,1-3H3,(H,21,22). The van der Waals surface area contributed by atoms with Gasteiger partial charge in [-0.1, -0.05) is 39.5 Å². The van der Waals surface area contributed by atoms with E-state index in [1.807, 2.05) is 0 Å². The Hall–Kier alpha value is -1.75. The summed E-state index contributed by atoms with van der Waals surface area (Å²) < 4.78 is 10.4. The number of phenols is 1. The van der Waals surface area contributed by atoms with Crippen molar-refractivity contribution in [3.05, 3.63) is 23.3 Å². The molecule has 0 saturated carbocycles. The maximum atomic E-state index is 11.3. The molecule has 0 aliphatic rings. The van der Waals surface area contributed by atoms with Gasteiger partial charge in [-0.15, -0.1) is 0 Å². The summed E-state index contributed by atoms with van der Waals surface area (Å²) in [4.78, 5) is 11.3. The average molecular weight is 338 g/mol. The number of hydrogen-bond acceptors (Lipinski definition) is 4. The lowest BCUT2D eigenvalue weighted by Crippen LogP contribution is -2.06. The minimum absolute atomic E-state index is 0.111. The highest BCUT2D eigenvalue weighted by Gasteiger charge is 2.16. The van der Waals surface area contributed by atoms with Crippen LogP contribution in [0.25, 0.3) is 0 Å². The number of aromatic carboxylic acids is 1. The number of carboxylic acids is 1. The second-order valence-electron chi connectivity index (χ2n) is 6.47. The molecule has 0 aromatic heterocycles. The fraction of sp³-hybridized carbons (Fsp3) is 0.632. The normalized spacial score (nSPS) is 11.0. The molecular weight excluding hydrogens is 308 g/mol. The van der Waals surface area contributed by atoms with Gasteiger partial charge in [0.1, 0.15) is 23.7 Å². The third-order valence-electron chi connectivity index (χ3n) is 3.93. The van der Waals surface area contributed by atoms with Crippen LogP contribution in [0.2, 0.25) is 0 Å². The summed E-state index contributed by atoms with van der Waals surface area (Å²) in [6.45, 7) is 5.21. The second kappa shape index (κ2) is 10.9. The van der Waals surface area contributed by atoms with Crippen molar-refractivity contribution in [3.8, 4) is 11.5 Å². The Balaban J connectivity index is 2.64. The lowest BCUT2D eigenvalue weighted by atomic mass is 10.00. The van der Waals surface area contributed by atoms with Crippen molar-refractivity contribution in [1.29, 1.82) is 0 Å². The molecule has 136 valence electrons. The quantitative estimate of drug-likeness (QED) is 0.557. The topological polar surface area (TPSA) is 76.0 Å². The Bertz CT molecular complexity index is 511. The highest BCUT2D eigenvalue weighted by Crippen LogP contribution is 2.30. The van der Waals surface area contributed by atoms with Crippen molar-refractivity contribution in [2.75, 3.05) is 20.3 Å². The van der Waals surface area contributed by atoms with E-state index in [4.69, 9.17) is 9.47 Å². The molecule has 0 spiro atoms. The summed E-state index contributed by atoms with van der Waals surface area (Å²) in [7, 11) is 1.58. The number of rotatable bonds is 12. The number of aryl methyl sites for hydroxylation is 1. The van der Waals surface area contributed by atoms with Gasteiger partial charge < -0.3 is 19.7 Å². The van der Waals surface area contributed by atoms with E-state index in [0.29, 0.717) is 30.9 Å². The number of hydrogen-bond donors (Lipinski definition) is 2. The summed E-state index contributed by atoms with van der Waals surface area (Å²) in [5, 5.41) is 19.4. The van der Waals surface area contributed by atoms with Gasteiger partial charge in [0.25, 0.3) is 0 Å². The lowest BCUT2D eigenvalue weighted by Gasteiger charge is -2.12. The molecule has 1 aromatic carbocycles. The van der Waals surface area contributed by atoms with Gasteiger partial charge in [-0.25, -0.2) is 4.79 Å². The second-order valence-corrected chi connectivity index (χ2v) is 6.47. The van der Waals surface area contributed by atoms with Crippen LogP contribution in [-0.4, -0.2) is 36.5 Å². The van der Waals surface area contributed by atoms with Crippen LogP contribution in [0.1, 0.15) is 61.9 Å². The number of methoxy groups -OCH3 is 1. The molecular formula is C19H30O5. The maximum absolute atomic E-state index is 11.3. The van der Waals surface area contributed by atoms with Crippen LogP contribution in [0.5, 0.6) is 11.5 Å². The molecule has 24 heavy (non-hydrogen) atoms. The van der Waals surface area contributed by atoms with Crippen molar-refractivity contribution in [3.63, 3.8) is 0 Å². The largest absolute Gasteiger partial charge is 0.507 e. The Morgan fingerprint density at radius 2 is 1.83 bits per heavy atom. The first-order valence-electron chi connectivity index (χ1n) is 8.66. The lowest BCUT2D eigenvalue weighted by molar-refractivity contribution is 0.0692. The van der Waals surface area contributed by atoms with E-state index in [1.54, 1.807) is 13.2 Å². The van der Waals surface area contributed by atoms with Gasteiger partial charge in [0, 0.05) is 7.11 Å². The number of benzene rings is 1. The number of unbranched alkanes of at least 4 members (excludes halogenated alkanes) is 3. The van der Waals surface area contributed by atoms with E-state index in [9.17, 15) is 15.0 Å². The Morgan fingerprint density at radius 1 is 1.12 bits per heavy atom. The number of carbonyl (C=O) groups is 1. The Morgan fingerprint density at radius 3 is 2.46 bits per heavy atom. The zero-order valence-electron chi connectivity index (χ0n) is 15.0. The first-order chi connectivity index (χ1) is 11.5. The predicted molar refractivity (Wildman–Crippen MR) is 94.1 cm³/mol. The molecule has 1 rings (SSSR count). The number of ether oxygens (including phenoxy) is 2. The van der Waals surface area contributed by atoms with Crippen LogP contribution in [0.4, 0.5) is 0 Å². The van der Waals surface area contributed by atoms with E-state index >= 15 is 0 Å². The number of carboxylic acid groups (broad SMARTS) is 1. The van der Waals surface area contributed by atoms with Crippen molar-refractivity contribution >= 4 is 5.97 Å². The molecule has 0 unspecified atom stereocenters. The molecule has 2 N–H and O–H groups in total. The zero-order valence-corrected chi connectivity index (χ0v) is 15.0. The van der Waals surface area contributed by atoms with Crippen LogP contribution in [0, 0.1) is 5.92 Å². The zero-order chi connectivity index (χ0) is 17.9. The van der Waals surface area contributed by atoms with Crippen LogP contribution in [-0.2, 0) is 11.2 Å². The molecule has 0 radical (unpaired) electrons. The SMILES string of the molecule is COCCOc1cc(CCCCCCC(C)C)c(O)c(C(=O)O)c1. The predicted octanol–water partition coefficient (Wildman–Crippen LogP) is 4.26. The van der Waals surface area contributed by atoms with Crippen LogP contribution in [0.3, 0.4) is 0 Å². The van der Waals surface area contributed by atoms with Gasteiger partial charge in [0.2, 0.25) is 0 Å². The summed E-state index contributed by atoms with van der Waals surface area (Å²) in [5.74, 6) is -0.114. The fourth-order valence-corrected chi connectivity index (χ4v) is 2.57. The molecule has 0 saturated heterocycles. The molecule has 5 heteroatoms. The third-order valence-corrected chi connectivity index (χ3v) is 3.93. The molecule has 1 aromatic rings. The average Bonchev–Trinajstić information content (AvgIpc) is 2.52. The number of aromatic hydroxyl groups is 1. The molecule has 0 aliphatic carbocycles. The summed E-state index contributed by atoms with van der Waals surface area (Å²) in [6, 6.07) is 3.09. The van der Waals surface area contributed by atoms with E-state index < -0.39 is 5.97 Å². The smallest absolute Gasteiger partial charge is 0.339 e. The van der Waals surface area contributed by atoms with Gasteiger partial charge in [-0.05, 0) is 36.5 Å². The molecule has 5 nitrogen and oxygen atoms in total. The van der Waals surface area contributed by atoms with E-state index in [2.05, 4.69) is 13.8 Å². The van der Waals surface area contributed by atoms with Crippen LogP contribution >= 0.6 is 0 Å². The van der Waals surface area contributed by atoms with Crippen molar-refractivity contribution in [1.82, 2.24) is 0 Å². The van der Waals surface area contributed by atoms with E-state index in [-0.39, 0.29) is 11.3 Å². The van der Waals surface area contributed by atoms with Gasteiger partial charge in [0.05, 0.1) is 6.61 Å². The van der Waals surface area contributed by atoms with Gasteiger partial charge in [-0.3, -0.25) is 0 Å². The monoisotopic (exact) mass is 338 g/mol. The first kappa shape index (κ1) is 20.3. The van der Waals surface area contributed by atoms with Crippen LogP contribution < -0.4 is 4.74 Å². The minimum atomic E-state index is -1.15. The van der Waals surface area contributed by atoms with E-state index in [1.165, 1.54) is 18.9 Å². The third kappa shape index (κ3) is 7.21. The molecule has 0 amide bonds. The summed E-state index contributed by atoms with van der Waals surface area (Å²) in [6.07, 6.45) is 6.25. The Kier molecular flexibility index (Phi) is 9.23. The minimum Gasteiger partial charge on any atom is -0.507 e. The Labute approximate surface area is 144 Å². The molecule has 0 fully saturated rings. The molecule has 0 heterocycles. The van der Waals surface area contributed by atoms with Gasteiger partial charge in [0.15, 0.2) is 0 Å². The molecule has 0 aliphatic heterocycles. The maximum Gasteiger partial charge on any atom is 0.339 e. The van der Waals surface area contributed by atoms with Crippen LogP contribution in [0.15, 0.2) is 12.1 Å². The molecule has 0 bridgehead atoms. The van der Waals surface area contributed by atoms with Gasteiger partial charge >= 0.3 is 5.97 Å². The highest BCUT2D eigenvalue weighted by atomic mass is 16.5. The summed E-state index contributed by atoms with van der Waals surface area (Å²) in [5.41, 5.74) is 0.519. The fourth-order valence-electron chi connectivity index (χ4n) is 2.57. The van der Waals surface area contributed by atoms with Crippen molar-refractivity contribution in [2.24, 2.45) is 5.92 Å². The van der Waals surface area contributed by atoms with Gasteiger partial charge in [-0.2, -0.15) is 0 Å².